The Balaban J connectivity index is 4.21. The van der Waals surface area contributed by atoms with Gasteiger partial charge in [0.25, 0.3) is 0 Å². The van der Waals surface area contributed by atoms with Crippen LogP contribution in [0.2, 0.25) is 0 Å². The Morgan fingerprint density at radius 3 is 0.938 bits per heavy atom. The first kappa shape index (κ1) is 61.6. The largest absolute Gasteiger partial charge is 0.462 e. The standard InChI is InChI=1S/C58H106O6/c1-4-7-10-13-16-19-22-24-25-26-27-28-29-30-31-32-33-35-36-39-42-45-48-51-57(60)63-54-55(53-62-56(59)50-47-44-41-38-21-18-15-12-9-6-3)64-58(61)52-49-46-43-40-37-34-23-20-17-14-11-8-5-2/h11,14,20,23,26-27,55H,4-10,12-13,15-19,21-22,24-25,28-54H2,1-3H3/b14-11-,23-20-,27-26-. The molecule has 1 atom stereocenters. The Bertz CT molecular complexity index is 1080. The van der Waals surface area contributed by atoms with Crippen LogP contribution in [0.1, 0.15) is 297 Å². The number of carbonyl (C=O) groups is 3. The van der Waals surface area contributed by atoms with Gasteiger partial charge in [-0.2, -0.15) is 0 Å². The van der Waals surface area contributed by atoms with Gasteiger partial charge in [-0.3, -0.25) is 14.4 Å². The van der Waals surface area contributed by atoms with E-state index in [9.17, 15) is 14.4 Å². The lowest BCUT2D eigenvalue weighted by Gasteiger charge is -2.18. The summed E-state index contributed by atoms with van der Waals surface area (Å²) in [6, 6.07) is 0. The maximum Gasteiger partial charge on any atom is 0.306 e. The molecule has 0 saturated heterocycles. The minimum absolute atomic E-state index is 0.0751. The molecule has 0 bridgehead atoms. The Morgan fingerprint density at radius 1 is 0.312 bits per heavy atom. The second kappa shape index (κ2) is 53.2. The number of unbranched alkanes of at least 4 members (excludes halogenated alkanes) is 34. The molecular formula is C58H106O6. The molecule has 0 fully saturated rings. The minimum atomic E-state index is -0.775. The molecule has 0 amide bonds. The smallest absolute Gasteiger partial charge is 0.306 e. The van der Waals surface area contributed by atoms with Crippen LogP contribution in [-0.2, 0) is 28.6 Å². The zero-order valence-corrected chi connectivity index (χ0v) is 42.8. The maximum atomic E-state index is 12.8. The third-order valence-corrected chi connectivity index (χ3v) is 12.3. The van der Waals surface area contributed by atoms with Gasteiger partial charge in [-0.15, -0.1) is 0 Å². The zero-order chi connectivity index (χ0) is 46.5. The van der Waals surface area contributed by atoms with E-state index < -0.39 is 6.10 Å². The van der Waals surface area contributed by atoms with E-state index in [-0.39, 0.29) is 31.1 Å². The first-order valence-corrected chi connectivity index (χ1v) is 28.0. The third kappa shape index (κ3) is 50.6. The second-order valence-electron chi connectivity index (χ2n) is 18.8. The van der Waals surface area contributed by atoms with Crippen LogP contribution in [0.5, 0.6) is 0 Å². The molecule has 0 aliphatic rings. The molecule has 0 aromatic rings. The molecule has 0 aromatic heterocycles. The predicted octanol–water partition coefficient (Wildman–Crippen LogP) is 18.5. The summed E-state index contributed by atoms with van der Waals surface area (Å²) >= 11 is 0. The SMILES string of the molecule is CCC/C=C\C/C=C\CCCCCCCC(=O)OC(COC(=O)CCCCCCCCCCCC)COC(=O)CCCCCCCCCCCCC/C=C\CCCCCCCCCC. The Morgan fingerprint density at radius 2 is 0.594 bits per heavy atom. The van der Waals surface area contributed by atoms with E-state index in [0.29, 0.717) is 19.3 Å². The highest BCUT2D eigenvalue weighted by Crippen LogP contribution is 2.16. The zero-order valence-electron chi connectivity index (χ0n) is 42.8. The van der Waals surface area contributed by atoms with Gasteiger partial charge in [0.05, 0.1) is 0 Å². The average Bonchev–Trinajstić information content (AvgIpc) is 3.29. The number of carbonyl (C=O) groups excluding carboxylic acids is 3. The average molecular weight is 899 g/mol. The van der Waals surface area contributed by atoms with Gasteiger partial charge in [-0.1, -0.05) is 243 Å². The Labute approximate surface area is 397 Å². The fourth-order valence-corrected chi connectivity index (χ4v) is 8.12. The van der Waals surface area contributed by atoms with Crippen molar-refractivity contribution in [3.05, 3.63) is 36.5 Å². The molecule has 6 heteroatoms. The lowest BCUT2D eigenvalue weighted by Crippen LogP contribution is -2.30. The van der Waals surface area contributed by atoms with E-state index in [0.717, 1.165) is 89.9 Å². The van der Waals surface area contributed by atoms with Crippen molar-refractivity contribution in [1.82, 2.24) is 0 Å². The van der Waals surface area contributed by atoms with Crippen LogP contribution in [0.15, 0.2) is 36.5 Å². The van der Waals surface area contributed by atoms with Crippen molar-refractivity contribution in [2.75, 3.05) is 13.2 Å². The summed E-state index contributed by atoms with van der Waals surface area (Å²) in [5.74, 6) is -0.880. The summed E-state index contributed by atoms with van der Waals surface area (Å²) in [6.07, 6.45) is 62.9. The molecule has 64 heavy (non-hydrogen) atoms. The maximum absolute atomic E-state index is 12.8. The molecule has 1 unspecified atom stereocenters. The molecule has 0 heterocycles. The van der Waals surface area contributed by atoms with Crippen molar-refractivity contribution in [3.63, 3.8) is 0 Å². The number of allylic oxidation sites excluding steroid dienone is 6. The van der Waals surface area contributed by atoms with Crippen molar-refractivity contribution < 1.29 is 28.6 Å². The molecule has 6 nitrogen and oxygen atoms in total. The minimum Gasteiger partial charge on any atom is -0.462 e. The van der Waals surface area contributed by atoms with Gasteiger partial charge >= 0.3 is 17.9 Å². The van der Waals surface area contributed by atoms with Crippen LogP contribution < -0.4 is 0 Å². The highest BCUT2D eigenvalue weighted by Gasteiger charge is 2.19. The lowest BCUT2D eigenvalue weighted by molar-refractivity contribution is -0.167. The van der Waals surface area contributed by atoms with E-state index in [1.807, 2.05) is 0 Å². The molecule has 0 saturated carbocycles. The number of ether oxygens (including phenoxy) is 3. The molecule has 0 spiro atoms. The molecule has 0 aliphatic heterocycles. The van der Waals surface area contributed by atoms with Crippen LogP contribution >= 0.6 is 0 Å². The van der Waals surface area contributed by atoms with Gasteiger partial charge in [0.2, 0.25) is 0 Å². The monoisotopic (exact) mass is 899 g/mol. The Hall–Kier alpha value is -2.37. The van der Waals surface area contributed by atoms with Crippen LogP contribution in [0.25, 0.3) is 0 Å². The second-order valence-corrected chi connectivity index (χ2v) is 18.8. The molecule has 0 aromatic carbocycles. The van der Waals surface area contributed by atoms with E-state index in [4.69, 9.17) is 14.2 Å². The normalized spacial score (nSPS) is 12.2. The first-order chi connectivity index (χ1) is 31.5. The molecule has 0 N–H and O–H groups in total. The van der Waals surface area contributed by atoms with E-state index in [1.54, 1.807) is 0 Å². The van der Waals surface area contributed by atoms with Crippen LogP contribution in [-0.4, -0.2) is 37.2 Å². The molecular weight excluding hydrogens is 793 g/mol. The van der Waals surface area contributed by atoms with Crippen molar-refractivity contribution in [2.45, 2.75) is 303 Å². The van der Waals surface area contributed by atoms with Crippen molar-refractivity contribution >= 4 is 17.9 Å². The number of rotatable bonds is 51. The van der Waals surface area contributed by atoms with Gasteiger partial charge in [-0.05, 0) is 70.6 Å². The highest BCUT2D eigenvalue weighted by atomic mass is 16.6. The molecule has 0 radical (unpaired) electrons. The third-order valence-electron chi connectivity index (χ3n) is 12.3. The van der Waals surface area contributed by atoms with E-state index in [1.165, 1.54) is 167 Å². The fourth-order valence-electron chi connectivity index (χ4n) is 8.12. The van der Waals surface area contributed by atoms with Crippen LogP contribution in [0, 0.1) is 0 Å². The topological polar surface area (TPSA) is 78.9 Å². The van der Waals surface area contributed by atoms with E-state index >= 15 is 0 Å². The van der Waals surface area contributed by atoms with Gasteiger partial charge in [-0.25, -0.2) is 0 Å². The highest BCUT2D eigenvalue weighted by molar-refractivity contribution is 5.71. The summed E-state index contributed by atoms with van der Waals surface area (Å²) in [5, 5.41) is 0. The van der Waals surface area contributed by atoms with Crippen molar-refractivity contribution in [1.29, 1.82) is 0 Å². The van der Waals surface area contributed by atoms with Gasteiger partial charge in [0.1, 0.15) is 13.2 Å². The molecule has 0 rings (SSSR count). The molecule has 0 aliphatic carbocycles. The van der Waals surface area contributed by atoms with Crippen molar-refractivity contribution in [2.24, 2.45) is 0 Å². The quantitative estimate of drug-likeness (QED) is 0.0262. The van der Waals surface area contributed by atoms with E-state index in [2.05, 4.69) is 57.2 Å². The number of hydrogen-bond donors (Lipinski definition) is 0. The van der Waals surface area contributed by atoms with Gasteiger partial charge in [0, 0.05) is 19.3 Å². The Kier molecular flexibility index (Phi) is 51.3. The van der Waals surface area contributed by atoms with Crippen LogP contribution in [0.4, 0.5) is 0 Å². The summed E-state index contributed by atoms with van der Waals surface area (Å²) in [5.41, 5.74) is 0. The van der Waals surface area contributed by atoms with Gasteiger partial charge in [0.15, 0.2) is 6.10 Å². The number of esters is 3. The van der Waals surface area contributed by atoms with Crippen LogP contribution in [0.3, 0.4) is 0 Å². The number of hydrogen-bond acceptors (Lipinski definition) is 6. The fraction of sp³-hybridized carbons (Fsp3) is 0.845. The van der Waals surface area contributed by atoms with Crippen molar-refractivity contribution in [3.8, 4) is 0 Å². The first-order valence-electron chi connectivity index (χ1n) is 28.0. The molecule has 374 valence electrons. The summed E-state index contributed by atoms with van der Waals surface area (Å²) < 4.78 is 16.8. The summed E-state index contributed by atoms with van der Waals surface area (Å²) in [7, 11) is 0. The summed E-state index contributed by atoms with van der Waals surface area (Å²) in [4.78, 5) is 38.0. The predicted molar refractivity (Wildman–Crippen MR) is 275 cm³/mol. The summed E-state index contributed by atoms with van der Waals surface area (Å²) in [6.45, 7) is 6.58. The van der Waals surface area contributed by atoms with Gasteiger partial charge < -0.3 is 14.2 Å². The lowest BCUT2D eigenvalue weighted by atomic mass is 10.0.